The zero-order valence-electron chi connectivity index (χ0n) is 13.0. The van der Waals surface area contributed by atoms with Crippen molar-refractivity contribution in [2.45, 2.75) is 17.8 Å². The van der Waals surface area contributed by atoms with Crippen LogP contribution in [0.3, 0.4) is 0 Å². The summed E-state index contributed by atoms with van der Waals surface area (Å²) in [6.07, 6.45) is 0. The summed E-state index contributed by atoms with van der Waals surface area (Å²) in [4.78, 5) is 17.8. The molecule has 1 aromatic rings. The molecular weight excluding hydrogens is 372 g/mol. The summed E-state index contributed by atoms with van der Waals surface area (Å²) in [5, 5.41) is 1.04. The van der Waals surface area contributed by atoms with Crippen LogP contribution in [0, 0.1) is 0 Å². The molecule has 9 heteroatoms. The van der Waals surface area contributed by atoms with E-state index in [1.54, 1.807) is 6.07 Å². The number of amidine groups is 1. The molecule has 2 heterocycles. The summed E-state index contributed by atoms with van der Waals surface area (Å²) in [7, 11) is -1.63. The molecule has 0 aromatic heterocycles. The fourth-order valence-corrected chi connectivity index (χ4v) is 7.06. The lowest BCUT2D eigenvalue weighted by Gasteiger charge is -2.24. The predicted octanol–water partition coefficient (Wildman–Crippen LogP) is 1.58. The number of rotatable bonds is 4. The highest BCUT2D eigenvalue weighted by Crippen LogP contribution is 2.39. The van der Waals surface area contributed by atoms with E-state index in [0.717, 1.165) is 5.56 Å². The first-order valence-electron chi connectivity index (χ1n) is 7.37. The number of carbonyl (C=O) groups is 1. The zero-order valence-corrected chi connectivity index (χ0v) is 15.4. The summed E-state index contributed by atoms with van der Waals surface area (Å²) in [6, 6.07) is 7.20. The maximum atomic E-state index is 11.9. The van der Waals surface area contributed by atoms with Gasteiger partial charge in [-0.3, -0.25) is 4.79 Å². The number of aliphatic imine (C=N–C) groups is 1. The fourth-order valence-electron chi connectivity index (χ4n) is 2.89. The topological polar surface area (TPSA) is 76.0 Å². The molecular formula is C15H17ClN2O4S2. The van der Waals surface area contributed by atoms with Gasteiger partial charge in [0, 0.05) is 23.9 Å². The number of carbonyl (C=O) groups excluding carboxylic acids is 1. The maximum Gasteiger partial charge on any atom is 0.274 e. The van der Waals surface area contributed by atoms with Gasteiger partial charge in [0.2, 0.25) is 0 Å². The Balaban J connectivity index is 1.90. The lowest BCUT2D eigenvalue weighted by molar-refractivity contribution is -0.121. The summed E-state index contributed by atoms with van der Waals surface area (Å²) in [5.74, 6) is -0.196. The second-order valence-corrected chi connectivity index (χ2v) is 9.51. The molecule has 2 aliphatic heterocycles. The Labute approximate surface area is 150 Å². The van der Waals surface area contributed by atoms with Gasteiger partial charge >= 0.3 is 0 Å². The molecule has 0 saturated carbocycles. The van der Waals surface area contributed by atoms with Crippen LogP contribution in [0.25, 0.3) is 0 Å². The minimum atomic E-state index is -3.06. The van der Waals surface area contributed by atoms with Gasteiger partial charge in [0.1, 0.15) is 6.61 Å². The molecule has 1 aromatic carbocycles. The van der Waals surface area contributed by atoms with Gasteiger partial charge in [0.05, 0.1) is 17.5 Å². The molecule has 0 radical (unpaired) electrons. The lowest BCUT2D eigenvalue weighted by atomic mass is 10.1. The Kier molecular flexibility index (Phi) is 5.19. The highest BCUT2D eigenvalue weighted by Gasteiger charge is 2.48. The fraction of sp³-hybridized carbons (Fsp3) is 0.467. The second kappa shape index (κ2) is 7.03. The standard InChI is InChI=1S/C15H17ClN2O4S2/c1-22-7-14(19)17-15-18(6-10-4-2-3-5-11(10)16)12-8-24(20,21)9-13(12)23-15/h2-5,12-13H,6-9H2,1H3/t12-,13-/m0/s1. The second-order valence-electron chi connectivity index (χ2n) is 5.74. The van der Waals surface area contributed by atoms with E-state index in [9.17, 15) is 13.2 Å². The molecule has 24 heavy (non-hydrogen) atoms. The van der Waals surface area contributed by atoms with Crippen molar-refractivity contribution >= 4 is 44.3 Å². The molecule has 0 N–H and O–H groups in total. The Hall–Kier alpha value is -1.09. The highest BCUT2D eigenvalue weighted by atomic mass is 35.5. The van der Waals surface area contributed by atoms with E-state index in [-0.39, 0.29) is 35.3 Å². The van der Waals surface area contributed by atoms with Gasteiger partial charge in [-0.15, -0.1) is 0 Å². The van der Waals surface area contributed by atoms with Crippen LogP contribution in [0.1, 0.15) is 5.56 Å². The SMILES string of the molecule is COCC(=O)N=C1S[C@H]2CS(=O)(=O)C[C@@H]2N1Cc1ccccc1Cl. The van der Waals surface area contributed by atoms with Crippen LogP contribution in [0.2, 0.25) is 5.02 Å². The molecule has 0 aliphatic carbocycles. The molecule has 3 rings (SSSR count). The number of nitrogens with zero attached hydrogens (tertiary/aromatic N) is 2. The third-order valence-corrected chi connectivity index (χ3v) is 7.58. The molecule has 0 spiro atoms. The zero-order chi connectivity index (χ0) is 17.3. The smallest absolute Gasteiger partial charge is 0.274 e. The van der Waals surface area contributed by atoms with Gasteiger partial charge in [0.25, 0.3) is 5.91 Å². The molecule has 1 amide bonds. The first-order valence-corrected chi connectivity index (χ1v) is 10.4. The summed E-state index contributed by atoms with van der Waals surface area (Å²) < 4.78 is 28.7. The van der Waals surface area contributed by atoms with E-state index in [1.807, 2.05) is 23.1 Å². The van der Waals surface area contributed by atoms with E-state index in [4.69, 9.17) is 16.3 Å². The summed E-state index contributed by atoms with van der Waals surface area (Å²) >= 11 is 7.57. The number of hydrogen-bond acceptors (Lipinski definition) is 5. The predicted molar refractivity (Wildman–Crippen MR) is 95.1 cm³/mol. The number of fused-ring (bicyclic) bond motifs is 1. The third-order valence-electron chi connectivity index (χ3n) is 3.96. The molecule has 130 valence electrons. The minimum Gasteiger partial charge on any atom is -0.375 e. The Bertz CT molecular complexity index is 781. The number of benzene rings is 1. The van der Waals surface area contributed by atoms with Gasteiger partial charge in [0.15, 0.2) is 15.0 Å². The monoisotopic (exact) mass is 388 g/mol. The van der Waals surface area contributed by atoms with E-state index in [1.165, 1.54) is 18.9 Å². The average Bonchev–Trinajstić information content (AvgIpc) is 2.94. The number of sulfone groups is 1. The normalized spacial score (nSPS) is 26.8. The molecule has 2 aliphatic rings. The van der Waals surface area contributed by atoms with Crippen molar-refractivity contribution in [1.29, 1.82) is 0 Å². The molecule has 6 nitrogen and oxygen atoms in total. The number of hydrogen-bond donors (Lipinski definition) is 0. The van der Waals surface area contributed by atoms with Crippen LogP contribution in [-0.4, -0.2) is 60.9 Å². The number of amides is 1. The quantitative estimate of drug-likeness (QED) is 0.779. The first kappa shape index (κ1) is 17.7. The number of thioether (sulfide) groups is 1. The van der Waals surface area contributed by atoms with E-state index < -0.39 is 9.84 Å². The van der Waals surface area contributed by atoms with Crippen LogP contribution in [-0.2, 0) is 25.9 Å². The van der Waals surface area contributed by atoms with Gasteiger partial charge in [-0.2, -0.15) is 4.99 Å². The van der Waals surface area contributed by atoms with Gasteiger partial charge < -0.3 is 9.64 Å². The number of halogens is 1. The van der Waals surface area contributed by atoms with Gasteiger partial charge in [-0.1, -0.05) is 41.6 Å². The molecule has 2 fully saturated rings. The third kappa shape index (κ3) is 3.77. The number of methoxy groups -OCH3 is 1. The average molecular weight is 389 g/mol. The molecule has 0 bridgehead atoms. The van der Waals surface area contributed by atoms with Crippen LogP contribution in [0.15, 0.2) is 29.3 Å². The summed E-state index contributed by atoms with van der Waals surface area (Å²) in [6.45, 7) is 0.320. The van der Waals surface area contributed by atoms with E-state index in [0.29, 0.717) is 16.7 Å². The van der Waals surface area contributed by atoms with Crippen LogP contribution in [0.5, 0.6) is 0 Å². The Morgan fingerprint density at radius 2 is 2.17 bits per heavy atom. The molecule has 2 saturated heterocycles. The lowest BCUT2D eigenvalue weighted by Crippen LogP contribution is -2.37. The van der Waals surface area contributed by atoms with Crippen molar-refractivity contribution in [2.24, 2.45) is 4.99 Å². The van der Waals surface area contributed by atoms with E-state index >= 15 is 0 Å². The molecule has 2 atom stereocenters. The Morgan fingerprint density at radius 1 is 1.42 bits per heavy atom. The van der Waals surface area contributed by atoms with Crippen LogP contribution < -0.4 is 0 Å². The van der Waals surface area contributed by atoms with E-state index in [2.05, 4.69) is 4.99 Å². The van der Waals surface area contributed by atoms with Crippen molar-refractivity contribution in [1.82, 2.24) is 4.90 Å². The highest BCUT2D eigenvalue weighted by molar-refractivity contribution is 8.15. The van der Waals surface area contributed by atoms with Crippen LogP contribution in [0.4, 0.5) is 0 Å². The van der Waals surface area contributed by atoms with Gasteiger partial charge in [-0.25, -0.2) is 8.42 Å². The van der Waals surface area contributed by atoms with Gasteiger partial charge in [-0.05, 0) is 11.6 Å². The minimum absolute atomic E-state index is 0.0760. The van der Waals surface area contributed by atoms with Crippen molar-refractivity contribution in [3.8, 4) is 0 Å². The van der Waals surface area contributed by atoms with Crippen LogP contribution >= 0.6 is 23.4 Å². The van der Waals surface area contributed by atoms with Crippen molar-refractivity contribution in [3.05, 3.63) is 34.9 Å². The maximum absolute atomic E-state index is 11.9. The molecule has 0 unspecified atom stereocenters. The van der Waals surface area contributed by atoms with Crippen molar-refractivity contribution in [2.75, 3.05) is 25.2 Å². The van der Waals surface area contributed by atoms with Crippen molar-refractivity contribution < 1.29 is 17.9 Å². The van der Waals surface area contributed by atoms with Crippen molar-refractivity contribution in [3.63, 3.8) is 0 Å². The summed E-state index contributed by atoms with van der Waals surface area (Å²) in [5.41, 5.74) is 0.872. The largest absolute Gasteiger partial charge is 0.375 e. The number of ether oxygens (including phenoxy) is 1. The Morgan fingerprint density at radius 3 is 2.88 bits per heavy atom. The first-order chi connectivity index (χ1) is 11.4.